The van der Waals surface area contributed by atoms with Gasteiger partial charge in [0.15, 0.2) is 0 Å². The number of ether oxygens (including phenoxy) is 1. The summed E-state index contributed by atoms with van der Waals surface area (Å²) in [5.41, 5.74) is 5.30. The van der Waals surface area contributed by atoms with Crippen molar-refractivity contribution in [3.8, 4) is 0 Å². The molecular weight excluding hydrogens is 182 g/mol. The maximum Gasteiger partial charge on any atom is 0.325 e. The zero-order valence-electron chi connectivity index (χ0n) is 8.72. The molecule has 1 saturated heterocycles. The van der Waals surface area contributed by atoms with Crippen molar-refractivity contribution >= 4 is 14.0 Å². The highest BCUT2D eigenvalue weighted by Crippen LogP contribution is 2.34. The molecule has 0 aromatic rings. The second kappa shape index (κ2) is 3.42. The van der Waals surface area contributed by atoms with E-state index in [1.807, 2.05) is 0 Å². The first kappa shape index (κ1) is 10.7. The Morgan fingerprint density at radius 2 is 1.85 bits per heavy atom. The highest BCUT2D eigenvalue weighted by Gasteiger charge is 2.42. The lowest BCUT2D eigenvalue weighted by atomic mass is 9.94. The third-order valence-electron chi connectivity index (χ3n) is 3.09. The minimum Gasteiger partial charge on any atom is -0.468 e. The van der Waals surface area contributed by atoms with E-state index in [1.54, 1.807) is 0 Å². The molecule has 0 unspecified atom stereocenters. The molecule has 0 bridgehead atoms. The molecule has 0 aromatic carbocycles. The summed E-state index contributed by atoms with van der Waals surface area (Å²) in [6, 6.07) is 2.28. The lowest BCUT2D eigenvalue weighted by molar-refractivity contribution is -0.147. The summed E-state index contributed by atoms with van der Waals surface area (Å²) in [7, 11) is 0.385. The molecule has 13 heavy (non-hydrogen) atoms. The lowest BCUT2D eigenvalue weighted by Gasteiger charge is -2.37. The quantitative estimate of drug-likeness (QED) is 0.515. The first-order valence-corrected chi connectivity index (χ1v) is 8.18. The van der Waals surface area contributed by atoms with Gasteiger partial charge in [-0.2, -0.15) is 0 Å². The van der Waals surface area contributed by atoms with E-state index in [-0.39, 0.29) is 5.97 Å². The summed E-state index contributed by atoms with van der Waals surface area (Å²) in [5, 5.41) is 0. The lowest BCUT2D eigenvalue weighted by Crippen LogP contribution is -2.54. The molecule has 1 aliphatic rings. The maximum absolute atomic E-state index is 11.4. The Morgan fingerprint density at radius 1 is 1.38 bits per heavy atom. The topological polar surface area (TPSA) is 52.3 Å². The predicted molar refractivity (Wildman–Crippen MR) is 55.3 cm³/mol. The zero-order valence-corrected chi connectivity index (χ0v) is 9.72. The van der Waals surface area contributed by atoms with Crippen LogP contribution in [0.1, 0.15) is 12.8 Å². The molecule has 0 atom stereocenters. The van der Waals surface area contributed by atoms with Crippen LogP contribution < -0.4 is 5.73 Å². The highest BCUT2D eigenvalue weighted by atomic mass is 28.3. The summed E-state index contributed by atoms with van der Waals surface area (Å²) in [6.07, 6.45) is 1.61. The Kier molecular flexibility index (Phi) is 2.82. The number of carbonyl (C=O) groups is 1. The maximum atomic E-state index is 11.4. The van der Waals surface area contributed by atoms with Crippen molar-refractivity contribution < 1.29 is 9.53 Å². The number of carbonyl (C=O) groups excluding carboxylic acids is 1. The van der Waals surface area contributed by atoms with E-state index < -0.39 is 13.6 Å². The highest BCUT2D eigenvalue weighted by molar-refractivity contribution is 6.77. The molecule has 0 amide bonds. The van der Waals surface area contributed by atoms with E-state index in [0.29, 0.717) is 0 Å². The fraction of sp³-hybridized carbons (Fsp3) is 0.889. The van der Waals surface area contributed by atoms with Crippen molar-refractivity contribution in [3.05, 3.63) is 0 Å². The van der Waals surface area contributed by atoms with Crippen LogP contribution in [0.25, 0.3) is 0 Å². The van der Waals surface area contributed by atoms with Gasteiger partial charge in [0.25, 0.3) is 0 Å². The van der Waals surface area contributed by atoms with Gasteiger partial charge in [-0.3, -0.25) is 4.79 Å². The Balaban J connectivity index is 2.61. The zero-order chi connectivity index (χ0) is 10.1. The molecule has 1 rings (SSSR count). The smallest absolute Gasteiger partial charge is 0.325 e. The molecular formula is C9H19NO2Si. The van der Waals surface area contributed by atoms with Crippen molar-refractivity contribution in [1.82, 2.24) is 0 Å². The van der Waals surface area contributed by atoms with E-state index in [4.69, 9.17) is 10.5 Å². The Bertz CT molecular complexity index is 206. The molecule has 2 N–H and O–H groups in total. The molecule has 0 spiro atoms. The normalized spacial score (nSPS) is 25.2. The summed E-state index contributed by atoms with van der Waals surface area (Å²) in [4.78, 5) is 11.4. The first-order valence-electron chi connectivity index (χ1n) is 4.77. The van der Waals surface area contributed by atoms with Gasteiger partial charge in [-0.25, -0.2) is 0 Å². The van der Waals surface area contributed by atoms with Crippen molar-refractivity contribution in [2.45, 2.75) is 43.6 Å². The average Bonchev–Trinajstić information content (AvgIpc) is 2.09. The molecule has 1 heterocycles. The summed E-state index contributed by atoms with van der Waals surface area (Å²) < 4.78 is 4.71. The standard InChI is InChI=1S/C9H19NO2Si/c1-12-8(11)9(10)4-6-13(2,3)7-5-9/h4-7,10H2,1-3H3. The largest absolute Gasteiger partial charge is 0.468 e. The van der Waals surface area contributed by atoms with Crippen LogP contribution in [0.5, 0.6) is 0 Å². The minimum absolute atomic E-state index is 0.239. The van der Waals surface area contributed by atoms with Gasteiger partial charge in [-0.15, -0.1) is 0 Å². The number of methoxy groups -OCH3 is 1. The van der Waals surface area contributed by atoms with Gasteiger partial charge in [0.05, 0.1) is 7.11 Å². The molecule has 0 radical (unpaired) electrons. The van der Waals surface area contributed by atoms with Crippen molar-refractivity contribution in [2.75, 3.05) is 7.11 Å². The summed E-state index contributed by atoms with van der Waals surface area (Å²) in [5.74, 6) is -0.239. The fourth-order valence-corrected chi connectivity index (χ4v) is 4.28. The van der Waals surface area contributed by atoms with Crippen LogP contribution >= 0.6 is 0 Å². The molecule has 1 fully saturated rings. The molecule has 76 valence electrons. The second-order valence-electron chi connectivity index (χ2n) is 4.81. The Hall–Kier alpha value is -0.353. The number of rotatable bonds is 1. The Morgan fingerprint density at radius 3 is 2.23 bits per heavy atom. The number of esters is 1. The Labute approximate surface area is 80.6 Å². The average molecular weight is 201 g/mol. The summed E-state index contributed by atoms with van der Waals surface area (Å²) in [6.45, 7) is 4.70. The van der Waals surface area contributed by atoms with E-state index in [1.165, 1.54) is 7.11 Å². The molecule has 1 aliphatic heterocycles. The monoisotopic (exact) mass is 201 g/mol. The van der Waals surface area contributed by atoms with E-state index in [9.17, 15) is 4.79 Å². The molecule has 3 nitrogen and oxygen atoms in total. The van der Waals surface area contributed by atoms with Crippen molar-refractivity contribution in [2.24, 2.45) is 5.73 Å². The fourth-order valence-electron chi connectivity index (χ4n) is 1.78. The third kappa shape index (κ3) is 2.31. The molecule has 0 saturated carbocycles. The summed E-state index contributed by atoms with van der Waals surface area (Å²) >= 11 is 0. The molecule has 4 heteroatoms. The van der Waals surface area contributed by atoms with Gasteiger partial charge in [0, 0.05) is 8.07 Å². The molecule has 0 aromatic heterocycles. The van der Waals surface area contributed by atoms with Gasteiger partial charge in [-0.1, -0.05) is 25.2 Å². The van der Waals surface area contributed by atoms with Crippen molar-refractivity contribution in [1.29, 1.82) is 0 Å². The van der Waals surface area contributed by atoms with Crippen molar-refractivity contribution in [3.63, 3.8) is 0 Å². The van der Waals surface area contributed by atoms with Crippen LogP contribution in [0.3, 0.4) is 0 Å². The van der Waals surface area contributed by atoms with E-state index in [0.717, 1.165) is 24.9 Å². The third-order valence-corrected chi connectivity index (χ3v) is 6.29. The van der Waals surface area contributed by atoms with Gasteiger partial charge in [-0.05, 0) is 12.8 Å². The van der Waals surface area contributed by atoms with Gasteiger partial charge in [0.1, 0.15) is 5.54 Å². The van der Waals surface area contributed by atoms with Gasteiger partial charge in [0.2, 0.25) is 0 Å². The van der Waals surface area contributed by atoms with Crippen LogP contribution in [0.15, 0.2) is 0 Å². The van der Waals surface area contributed by atoms with E-state index >= 15 is 0 Å². The minimum atomic E-state index is -1.03. The number of hydrogen-bond acceptors (Lipinski definition) is 3. The van der Waals surface area contributed by atoms with Crippen LogP contribution in [0, 0.1) is 0 Å². The van der Waals surface area contributed by atoms with Crippen LogP contribution in [-0.4, -0.2) is 26.7 Å². The number of hydrogen-bond donors (Lipinski definition) is 1. The molecule has 0 aliphatic carbocycles. The number of nitrogens with two attached hydrogens (primary N) is 1. The van der Waals surface area contributed by atoms with Gasteiger partial charge < -0.3 is 10.5 Å². The van der Waals surface area contributed by atoms with Gasteiger partial charge >= 0.3 is 5.97 Å². The predicted octanol–water partition coefficient (Wildman–Crippen LogP) is 1.36. The van der Waals surface area contributed by atoms with Crippen LogP contribution in [0.2, 0.25) is 25.2 Å². The van der Waals surface area contributed by atoms with Crippen LogP contribution in [-0.2, 0) is 9.53 Å². The van der Waals surface area contributed by atoms with Crippen LogP contribution in [0.4, 0.5) is 0 Å². The first-order chi connectivity index (χ1) is 5.90. The second-order valence-corrected chi connectivity index (χ2v) is 10.1. The SMILES string of the molecule is COC(=O)C1(N)CC[Si](C)(C)CC1. The van der Waals surface area contributed by atoms with E-state index in [2.05, 4.69) is 13.1 Å².